The van der Waals surface area contributed by atoms with E-state index in [4.69, 9.17) is 5.41 Å². The lowest BCUT2D eigenvalue weighted by Crippen LogP contribution is -1.76. The normalized spacial score (nSPS) is 9.29. The van der Waals surface area contributed by atoms with Gasteiger partial charge in [0.1, 0.15) is 6.29 Å². The summed E-state index contributed by atoms with van der Waals surface area (Å²) in [6.07, 6.45) is 3.38. The second-order valence-corrected chi connectivity index (χ2v) is 1.18. The Morgan fingerprint density at radius 3 is 2.43 bits per heavy atom. The highest BCUT2D eigenvalue weighted by atomic mass is 16.1. The number of allylic oxidation sites excluding steroid dienone is 2. The van der Waals surface area contributed by atoms with Crippen molar-refractivity contribution >= 4 is 12.0 Å². The van der Waals surface area contributed by atoms with Crippen LogP contribution in [0.15, 0.2) is 12.2 Å². The smallest absolute Gasteiger partial charge is 0.142 e. The van der Waals surface area contributed by atoms with Crippen LogP contribution in [0.5, 0.6) is 0 Å². The molecule has 0 amide bonds. The third kappa shape index (κ3) is 5.08. The molecular formula is C5H7NO. The summed E-state index contributed by atoms with van der Waals surface area (Å²) in [6, 6.07) is 0. The first kappa shape index (κ1) is 6.08. The van der Waals surface area contributed by atoms with E-state index in [-0.39, 0.29) is 0 Å². The van der Waals surface area contributed by atoms with Gasteiger partial charge < -0.3 is 5.41 Å². The molecule has 2 heteroatoms. The summed E-state index contributed by atoms with van der Waals surface area (Å²) in [5.74, 6) is 0. The van der Waals surface area contributed by atoms with Crippen molar-refractivity contribution in [1.29, 1.82) is 5.41 Å². The molecule has 0 aromatic rings. The van der Waals surface area contributed by atoms with E-state index in [1.54, 1.807) is 6.92 Å². The number of nitrogens with one attached hydrogen (secondary N) is 1. The van der Waals surface area contributed by atoms with Gasteiger partial charge in [0.25, 0.3) is 0 Å². The highest BCUT2D eigenvalue weighted by Crippen LogP contribution is 1.69. The van der Waals surface area contributed by atoms with E-state index < -0.39 is 0 Å². The predicted molar refractivity (Wildman–Crippen MR) is 28.6 cm³/mol. The predicted octanol–water partition coefficient (Wildman–Crippen LogP) is 0.781. The van der Waals surface area contributed by atoms with Crippen LogP contribution in [0.3, 0.4) is 0 Å². The van der Waals surface area contributed by atoms with E-state index in [1.807, 2.05) is 0 Å². The average Bonchev–Trinajstić information content (AvgIpc) is 1.61. The minimum absolute atomic E-state index is 0.395. The first-order chi connectivity index (χ1) is 3.27. The fourth-order valence-corrected chi connectivity index (χ4v) is 0.184. The van der Waals surface area contributed by atoms with Crippen LogP contribution in [-0.2, 0) is 4.79 Å². The highest BCUT2D eigenvalue weighted by molar-refractivity contribution is 5.92. The van der Waals surface area contributed by atoms with Gasteiger partial charge >= 0.3 is 0 Å². The summed E-state index contributed by atoms with van der Waals surface area (Å²) in [5.41, 5.74) is 0.395. The lowest BCUT2D eigenvalue weighted by Gasteiger charge is -1.73. The summed E-state index contributed by atoms with van der Waals surface area (Å²) in [6.45, 7) is 1.61. The van der Waals surface area contributed by atoms with Crippen LogP contribution in [0.4, 0.5) is 0 Å². The van der Waals surface area contributed by atoms with Crippen molar-refractivity contribution in [3.8, 4) is 0 Å². The molecule has 0 radical (unpaired) electrons. The number of hydrogen-bond donors (Lipinski definition) is 1. The van der Waals surface area contributed by atoms with E-state index in [9.17, 15) is 4.79 Å². The van der Waals surface area contributed by atoms with Gasteiger partial charge in [-0.1, -0.05) is 0 Å². The number of rotatable bonds is 2. The summed E-state index contributed by atoms with van der Waals surface area (Å²) >= 11 is 0. The molecule has 0 heterocycles. The fourth-order valence-electron chi connectivity index (χ4n) is 0.184. The lowest BCUT2D eigenvalue weighted by atomic mass is 10.4. The van der Waals surface area contributed by atoms with Gasteiger partial charge in [-0.2, -0.15) is 0 Å². The molecule has 0 unspecified atom stereocenters. The maximum atomic E-state index is 9.53. The molecule has 0 aliphatic heterocycles. The highest BCUT2D eigenvalue weighted by Gasteiger charge is 1.70. The third-order valence-electron chi connectivity index (χ3n) is 0.425. The summed E-state index contributed by atoms with van der Waals surface area (Å²) in [5, 5.41) is 6.75. The molecule has 2 nitrogen and oxygen atoms in total. The lowest BCUT2D eigenvalue weighted by molar-refractivity contribution is -0.104. The SMILES string of the molecule is CC(=N)/C=C\C=O. The molecule has 0 atom stereocenters. The standard InChI is InChI=1S/C5H7NO/c1-5(6)3-2-4-7/h2-4,6H,1H3/b3-2-,6-5?. The molecular weight excluding hydrogens is 90.1 g/mol. The van der Waals surface area contributed by atoms with Crippen molar-refractivity contribution in [2.24, 2.45) is 0 Å². The molecule has 0 aromatic heterocycles. The van der Waals surface area contributed by atoms with Crippen LogP contribution in [0, 0.1) is 5.41 Å². The zero-order valence-electron chi connectivity index (χ0n) is 4.14. The summed E-state index contributed by atoms with van der Waals surface area (Å²) in [4.78, 5) is 9.53. The topological polar surface area (TPSA) is 40.9 Å². The zero-order valence-corrected chi connectivity index (χ0v) is 4.14. The van der Waals surface area contributed by atoms with Gasteiger partial charge in [0, 0.05) is 5.71 Å². The van der Waals surface area contributed by atoms with Crippen molar-refractivity contribution in [3.05, 3.63) is 12.2 Å². The van der Waals surface area contributed by atoms with Crippen molar-refractivity contribution in [2.45, 2.75) is 6.92 Å². The van der Waals surface area contributed by atoms with Gasteiger partial charge in [-0.15, -0.1) is 0 Å². The van der Waals surface area contributed by atoms with Gasteiger partial charge in [-0.3, -0.25) is 4.79 Å². The van der Waals surface area contributed by atoms with Gasteiger partial charge in [-0.25, -0.2) is 0 Å². The van der Waals surface area contributed by atoms with Gasteiger partial charge in [0.2, 0.25) is 0 Å². The quantitative estimate of drug-likeness (QED) is 0.309. The maximum Gasteiger partial charge on any atom is 0.142 e. The van der Waals surface area contributed by atoms with Crippen molar-refractivity contribution in [1.82, 2.24) is 0 Å². The molecule has 0 spiro atoms. The Labute approximate surface area is 42.4 Å². The van der Waals surface area contributed by atoms with Crippen molar-refractivity contribution in [2.75, 3.05) is 0 Å². The van der Waals surface area contributed by atoms with E-state index in [0.717, 1.165) is 0 Å². The number of aldehydes is 1. The molecule has 7 heavy (non-hydrogen) atoms. The molecule has 0 aliphatic carbocycles. The Morgan fingerprint density at radius 2 is 2.29 bits per heavy atom. The molecule has 0 aliphatic rings. The molecule has 0 saturated carbocycles. The monoisotopic (exact) mass is 97.1 g/mol. The van der Waals surface area contributed by atoms with Gasteiger partial charge in [0.15, 0.2) is 0 Å². The largest absolute Gasteiger partial charge is 0.306 e. The minimum atomic E-state index is 0.395. The van der Waals surface area contributed by atoms with Crippen LogP contribution in [0.2, 0.25) is 0 Å². The van der Waals surface area contributed by atoms with E-state index in [2.05, 4.69) is 0 Å². The molecule has 0 aromatic carbocycles. The van der Waals surface area contributed by atoms with Crippen LogP contribution in [0.1, 0.15) is 6.92 Å². The fraction of sp³-hybridized carbons (Fsp3) is 0.200. The van der Waals surface area contributed by atoms with E-state index in [0.29, 0.717) is 12.0 Å². The second-order valence-electron chi connectivity index (χ2n) is 1.18. The molecule has 0 fully saturated rings. The Morgan fingerprint density at radius 1 is 1.71 bits per heavy atom. The Bertz CT molecular complexity index is 105. The number of carbonyl (C=O) groups is 1. The maximum absolute atomic E-state index is 9.53. The van der Waals surface area contributed by atoms with E-state index >= 15 is 0 Å². The molecule has 38 valence electrons. The molecule has 0 bridgehead atoms. The van der Waals surface area contributed by atoms with E-state index in [1.165, 1.54) is 12.2 Å². The molecule has 0 rings (SSSR count). The summed E-state index contributed by atoms with van der Waals surface area (Å²) in [7, 11) is 0. The molecule has 0 saturated heterocycles. The van der Waals surface area contributed by atoms with Crippen LogP contribution < -0.4 is 0 Å². The number of carbonyl (C=O) groups excluding carboxylic acids is 1. The van der Waals surface area contributed by atoms with Crippen LogP contribution in [0.25, 0.3) is 0 Å². The van der Waals surface area contributed by atoms with Crippen LogP contribution in [-0.4, -0.2) is 12.0 Å². The first-order valence-corrected chi connectivity index (χ1v) is 1.94. The average molecular weight is 97.1 g/mol. The molecule has 1 N–H and O–H groups in total. The number of hydrogen-bond acceptors (Lipinski definition) is 2. The Balaban J connectivity index is 3.46. The zero-order chi connectivity index (χ0) is 5.70. The summed E-state index contributed by atoms with van der Waals surface area (Å²) < 4.78 is 0. The first-order valence-electron chi connectivity index (χ1n) is 1.94. The second kappa shape index (κ2) is 3.28. The minimum Gasteiger partial charge on any atom is -0.306 e. The van der Waals surface area contributed by atoms with Gasteiger partial charge in [-0.05, 0) is 19.1 Å². The van der Waals surface area contributed by atoms with Crippen LogP contribution >= 0.6 is 0 Å². The van der Waals surface area contributed by atoms with Crippen molar-refractivity contribution < 1.29 is 4.79 Å². The Kier molecular flexibility index (Phi) is 2.85. The van der Waals surface area contributed by atoms with Crippen molar-refractivity contribution in [3.63, 3.8) is 0 Å². The van der Waals surface area contributed by atoms with Gasteiger partial charge in [0.05, 0.1) is 0 Å². The Hall–Kier alpha value is -0.920. The third-order valence-corrected chi connectivity index (χ3v) is 0.425.